The molecule has 1 aromatic heterocycles. The van der Waals surface area contributed by atoms with E-state index in [0.717, 1.165) is 31.4 Å². The summed E-state index contributed by atoms with van der Waals surface area (Å²) in [4.78, 5) is 23.7. The SMILES string of the molecule is COc1nc(Nc2cccc(C(F)(F)F)c2)c(C)c(C(=O)N2CCC(NC3CCOCC3OC)CC2)n1. The zero-order valence-electron chi connectivity index (χ0n) is 21.1. The minimum absolute atomic E-state index is 0.00675. The molecule has 2 N–H and O–H groups in total. The van der Waals surface area contributed by atoms with Crippen LogP contribution in [0.5, 0.6) is 6.01 Å². The molecule has 2 aliphatic heterocycles. The maximum Gasteiger partial charge on any atom is 0.416 e. The van der Waals surface area contributed by atoms with Crippen molar-refractivity contribution < 1.29 is 32.2 Å². The molecule has 0 aliphatic carbocycles. The number of halogens is 3. The van der Waals surface area contributed by atoms with Gasteiger partial charge in [0.05, 0.1) is 25.4 Å². The topological polar surface area (TPSA) is 97.8 Å². The summed E-state index contributed by atoms with van der Waals surface area (Å²) in [6.07, 6.45) is -2.05. The van der Waals surface area contributed by atoms with E-state index in [9.17, 15) is 18.0 Å². The normalized spacial score (nSPS) is 21.1. The smallest absolute Gasteiger partial charge is 0.416 e. The first-order chi connectivity index (χ1) is 17.7. The monoisotopic (exact) mass is 523 g/mol. The summed E-state index contributed by atoms with van der Waals surface area (Å²) >= 11 is 0. The first kappa shape index (κ1) is 27.1. The quantitative estimate of drug-likeness (QED) is 0.569. The number of amides is 1. The van der Waals surface area contributed by atoms with Crippen LogP contribution in [0.4, 0.5) is 24.7 Å². The predicted molar refractivity (Wildman–Crippen MR) is 130 cm³/mol. The number of hydrogen-bond donors (Lipinski definition) is 2. The number of alkyl halides is 3. The van der Waals surface area contributed by atoms with Crippen LogP contribution in [0.15, 0.2) is 24.3 Å². The Kier molecular flexibility index (Phi) is 8.50. The Bertz CT molecular complexity index is 1090. The van der Waals surface area contributed by atoms with Crippen molar-refractivity contribution in [2.45, 2.75) is 50.6 Å². The molecule has 2 atom stereocenters. The van der Waals surface area contributed by atoms with Gasteiger partial charge in [0.2, 0.25) is 0 Å². The summed E-state index contributed by atoms with van der Waals surface area (Å²) in [5, 5.41) is 6.55. The predicted octanol–water partition coefficient (Wildman–Crippen LogP) is 3.55. The molecule has 2 unspecified atom stereocenters. The number of methoxy groups -OCH3 is 2. The number of rotatable bonds is 7. The van der Waals surface area contributed by atoms with E-state index in [4.69, 9.17) is 14.2 Å². The van der Waals surface area contributed by atoms with Crippen molar-refractivity contribution >= 4 is 17.4 Å². The van der Waals surface area contributed by atoms with E-state index in [0.29, 0.717) is 31.9 Å². The van der Waals surface area contributed by atoms with Crippen molar-refractivity contribution in [2.24, 2.45) is 0 Å². The van der Waals surface area contributed by atoms with Gasteiger partial charge in [-0.2, -0.15) is 23.1 Å². The third-order valence-electron chi connectivity index (χ3n) is 6.80. The zero-order valence-corrected chi connectivity index (χ0v) is 21.1. The van der Waals surface area contributed by atoms with Crippen molar-refractivity contribution in [1.82, 2.24) is 20.2 Å². The van der Waals surface area contributed by atoms with E-state index >= 15 is 0 Å². The van der Waals surface area contributed by atoms with Crippen molar-refractivity contribution in [3.8, 4) is 6.01 Å². The summed E-state index contributed by atoms with van der Waals surface area (Å²) in [5.41, 5.74) is -0.0295. The highest BCUT2D eigenvalue weighted by molar-refractivity contribution is 5.95. The lowest BCUT2D eigenvalue weighted by molar-refractivity contribution is -0.137. The molecule has 37 heavy (non-hydrogen) atoms. The van der Waals surface area contributed by atoms with E-state index < -0.39 is 11.7 Å². The van der Waals surface area contributed by atoms with Gasteiger partial charge in [-0.25, -0.2) is 0 Å². The Balaban J connectivity index is 1.45. The van der Waals surface area contributed by atoms with Gasteiger partial charge in [-0.05, 0) is 44.4 Å². The van der Waals surface area contributed by atoms with Crippen molar-refractivity contribution in [1.29, 1.82) is 0 Å². The third kappa shape index (κ3) is 6.49. The summed E-state index contributed by atoms with van der Waals surface area (Å²) in [7, 11) is 3.05. The van der Waals surface area contributed by atoms with Gasteiger partial charge in [-0.15, -0.1) is 0 Å². The second kappa shape index (κ2) is 11.6. The summed E-state index contributed by atoms with van der Waals surface area (Å²) in [5.74, 6) is -0.0687. The van der Waals surface area contributed by atoms with Crippen LogP contribution >= 0.6 is 0 Å². The van der Waals surface area contributed by atoms with Crippen molar-refractivity contribution in [3.05, 3.63) is 41.1 Å². The van der Waals surface area contributed by atoms with Crippen molar-refractivity contribution in [2.75, 3.05) is 45.8 Å². The summed E-state index contributed by atoms with van der Waals surface area (Å²) in [6, 6.07) is 5.19. The molecule has 2 saturated heterocycles. The molecular formula is C25H32F3N5O4. The van der Waals surface area contributed by atoms with Gasteiger partial charge in [0.25, 0.3) is 5.91 Å². The van der Waals surface area contributed by atoms with Crippen LogP contribution in [0.2, 0.25) is 0 Å². The summed E-state index contributed by atoms with van der Waals surface area (Å²) < 4.78 is 55.6. The number of likely N-dealkylation sites (tertiary alicyclic amines) is 1. The van der Waals surface area contributed by atoms with Gasteiger partial charge in [0.1, 0.15) is 11.5 Å². The molecular weight excluding hydrogens is 491 g/mol. The Morgan fingerprint density at radius 2 is 1.92 bits per heavy atom. The first-order valence-electron chi connectivity index (χ1n) is 12.2. The lowest BCUT2D eigenvalue weighted by Gasteiger charge is -2.38. The van der Waals surface area contributed by atoms with Gasteiger partial charge >= 0.3 is 12.2 Å². The molecule has 2 fully saturated rings. The number of nitrogens with zero attached hydrogens (tertiary/aromatic N) is 3. The standard InChI is InChI=1S/C25H32F3N5O4/c1-15-21(23(34)33-10-7-17(8-11-33)29-19-9-12-37-14-20(19)35-2)31-24(36-3)32-22(15)30-18-6-4-5-16(13-18)25(26,27)28/h4-6,13,17,19-20,29H,7-12,14H2,1-3H3,(H,30,31,32). The van der Waals surface area contributed by atoms with Crippen LogP contribution < -0.4 is 15.4 Å². The van der Waals surface area contributed by atoms with Gasteiger partial charge in [0, 0.05) is 50.1 Å². The average molecular weight is 524 g/mol. The fourth-order valence-electron chi connectivity index (χ4n) is 4.66. The fraction of sp³-hybridized carbons (Fsp3) is 0.560. The lowest BCUT2D eigenvalue weighted by Crippen LogP contribution is -2.54. The Morgan fingerprint density at radius 1 is 1.16 bits per heavy atom. The molecule has 12 heteroatoms. The maximum absolute atomic E-state index is 13.4. The molecule has 0 bridgehead atoms. The number of aromatic nitrogens is 2. The molecule has 3 heterocycles. The van der Waals surface area contributed by atoms with Gasteiger partial charge in [-0.3, -0.25) is 4.79 Å². The molecule has 202 valence electrons. The van der Waals surface area contributed by atoms with E-state index in [1.165, 1.54) is 19.2 Å². The van der Waals surface area contributed by atoms with Gasteiger partial charge in [0.15, 0.2) is 0 Å². The molecule has 0 radical (unpaired) electrons. The zero-order chi connectivity index (χ0) is 26.6. The average Bonchev–Trinajstić information content (AvgIpc) is 2.90. The number of carbonyl (C=O) groups excluding carboxylic acids is 1. The van der Waals surface area contributed by atoms with E-state index in [2.05, 4.69) is 20.6 Å². The Labute approximate surface area is 213 Å². The van der Waals surface area contributed by atoms with Crippen LogP contribution in [0.25, 0.3) is 0 Å². The minimum atomic E-state index is -4.48. The summed E-state index contributed by atoms with van der Waals surface area (Å²) in [6.45, 7) is 4.00. The fourth-order valence-corrected chi connectivity index (χ4v) is 4.66. The molecule has 0 saturated carbocycles. The lowest BCUT2D eigenvalue weighted by atomic mass is 9.99. The van der Waals surface area contributed by atoms with E-state index in [1.54, 1.807) is 18.9 Å². The largest absolute Gasteiger partial charge is 0.467 e. The molecule has 9 nitrogen and oxygen atoms in total. The number of piperidine rings is 1. The Hall–Kier alpha value is -2.96. The molecule has 1 aromatic carbocycles. The second-order valence-electron chi connectivity index (χ2n) is 9.21. The number of nitrogens with one attached hydrogen (secondary N) is 2. The molecule has 4 rings (SSSR count). The van der Waals surface area contributed by atoms with E-state index in [-0.39, 0.29) is 47.3 Å². The first-order valence-corrected chi connectivity index (χ1v) is 12.2. The molecule has 2 aromatic rings. The highest BCUT2D eigenvalue weighted by Crippen LogP contribution is 2.32. The van der Waals surface area contributed by atoms with Crippen LogP contribution in [0.1, 0.15) is 40.9 Å². The van der Waals surface area contributed by atoms with Crippen molar-refractivity contribution in [3.63, 3.8) is 0 Å². The number of hydrogen-bond acceptors (Lipinski definition) is 8. The number of anilines is 2. The van der Waals surface area contributed by atoms with Gasteiger partial charge in [-0.1, -0.05) is 6.07 Å². The number of ether oxygens (including phenoxy) is 3. The van der Waals surface area contributed by atoms with Crippen LogP contribution in [0, 0.1) is 6.92 Å². The minimum Gasteiger partial charge on any atom is -0.467 e. The highest BCUT2D eigenvalue weighted by atomic mass is 19.4. The van der Waals surface area contributed by atoms with E-state index in [1.807, 2.05) is 0 Å². The van der Waals surface area contributed by atoms with Crippen LogP contribution in [0.3, 0.4) is 0 Å². The Morgan fingerprint density at radius 3 is 2.59 bits per heavy atom. The van der Waals surface area contributed by atoms with Crippen LogP contribution in [-0.4, -0.2) is 79.5 Å². The second-order valence-corrected chi connectivity index (χ2v) is 9.21. The third-order valence-corrected chi connectivity index (χ3v) is 6.80. The molecule has 0 spiro atoms. The maximum atomic E-state index is 13.4. The number of benzene rings is 1. The van der Waals surface area contributed by atoms with Crippen LogP contribution in [-0.2, 0) is 15.7 Å². The highest BCUT2D eigenvalue weighted by Gasteiger charge is 2.32. The molecule has 2 aliphatic rings. The molecule has 1 amide bonds. The van der Waals surface area contributed by atoms with Gasteiger partial charge < -0.3 is 29.7 Å². The number of carbonyl (C=O) groups is 1.